The van der Waals surface area contributed by atoms with E-state index in [4.69, 9.17) is 0 Å². The molecule has 2 unspecified atom stereocenters. The summed E-state index contributed by atoms with van der Waals surface area (Å²) in [5.74, 6) is 0.924. The molecule has 0 aliphatic heterocycles. The van der Waals surface area contributed by atoms with Crippen molar-refractivity contribution >= 4 is 11.3 Å². The Hall–Kier alpha value is -0.410. The lowest BCUT2D eigenvalue weighted by atomic mass is 10.0. The van der Waals surface area contributed by atoms with E-state index in [9.17, 15) is 0 Å². The largest absolute Gasteiger partial charge is 0.308 e. The molecule has 1 heterocycles. The fraction of sp³-hybridized carbons (Fsp3) is 0.769. The zero-order valence-corrected chi connectivity index (χ0v) is 11.1. The second-order valence-corrected chi connectivity index (χ2v) is 6.11. The summed E-state index contributed by atoms with van der Waals surface area (Å²) in [6.45, 7) is 5.40. The molecule has 0 spiro atoms. The SMILES string of the molecule is Cc1nc(CNC2CCCC(C)CC2)cs1. The third-order valence-electron chi connectivity index (χ3n) is 3.50. The van der Waals surface area contributed by atoms with E-state index in [1.54, 1.807) is 11.3 Å². The molecule has 2 rings (SSSR count). The van der Waals surface area contributed by atoms with Gasteiger partial charge in [-0.05, 0) is 32.1 Å². The van der Waals surface area contributed by atoms with Crippen molar-refractivity contribution in [2.75, 3.05) is 0 Å². The van der Waals surface area contributed by atoms with Crippen LogP contribution in [0.2, 0.25) is 0 Å². The van der Waals surface area contributed by atoms with E-state index in [1.165, 1.54) is 42.8 Å². The topological polar surface area (TPSA) is 24.9 Å². The quantitative estimate of drug-likeness (QED) is 0.815. The van der Waals surface area contributed by atoms with Gasteiger partial charge in [0.2, 0.25) is 0 Å². The molecule has 2 atom stereocenters. The van der Waals surface area contributed by atoms with Crippen LogP contribution in [-0.2, 0) is 6.54 Å². The Morgan fingerprint density at radius 2 is 2.25 bits per heavy atom. The van der Waals surface area contributed by atoms with Crippen molar-refractivity contribution in [1.82, 2.24) is 10.3 Å². The highest BCUT2D eigenvalue weighted by atomic mass is 32.1. The van der Waals surface area contributed by atoms with Crippen LogP contribution in [0.5, 0.6) is 0 Å². The van der Waals surface area contributed by atoms with Gasteiger partial charge in [-0.2, -0.15) is 0 Å². The minimum absolute atomic E-state index is 0.715. The van der Waals surface area contributed by atoms with E-state index >= 15 is 0 Å². The molecule has 0 amide bonds. The van der Waals surface area contributed by atoms with Crippen molar-refractivity contribution in [2.45, 2.75) is 58.5 Å². The van der Waals surface area contributed by atoms with E-state index in [1.807, 2.05) is 0 Å². The van der Waals surface area contributed by atoms with Crippen LogP contribution in [0.25, 0.3) is 0 Å². The first kappa shape index (κ1) is 12.1. The summed E-state index contributed by atoms with van der Waals surface area (Å²) in [4.78, 5) is 4.49. The molecule has 1 aromatic rings. The molecule has 1 aliphatic rings. The Kier molecular flexibility index (Phi) is 4.36. The van der Waals surface area contributed by atoms with Crippen LogP contribution >= 0.6 is 11.3 Å². The molecular formula is C13H22N2S. The Labute approximate surface area is 102 Å². The summed E-state index contributed by atoms with van der Waals surface area (Å²) in [6, 6.07) is 0.715. The molecule has 0 aromatic carbocycles. The lowest BCUT2D eigenvalue weighted by Crippen LogP contribution is -2.28. The summed E-state index contributed by atoms with van der Waals surface area (Å²) < 4.78 is 0. The molecular weight excluding hydrogens is 216 g/mol. The van der Waals surface area contributed by atoms with Crippen molar-refractivity contribution in [1.29, 1.82) is 0 Å². The first-order valence-electron chi connectivity index (χ1n) is 6.38. The van der Waals surface area contributed by atoms with Crippen molar-refractivity contribution in [3.05, 3.63) is 16.1 Å². The summed E-state index contributed by atoms with van der Waals surface area (Å²) in [5.41, 5.74) is 1.21. The smallest absolute Gasteiger partial charge is 0.0897 e. The number of rotatable bonds is 3. The van der Waals surface area contributed by atoms with E-state index in [0.717, 1.165) is 12.5 Å². The number of aryl methyl sites for hydroxylation is 1. The van der Waals surface area contributed by atoms with Crippen molar-refractivity contribution in [3.8, 4) is 0 Å². The molecule has 1 aromatic heterocycles. The van der Waals surface area contributed by atoms with Crippen LogP contribution in [0.15, 0.2) is 5.38 Å². The molecule has 1 aliphatic carbocycles. The molecule has 3 heteroatoms. The van der Waals surface area contributed by atoms with Crippen molar-refractivity contribution in [3.63, 3.8) is 0 Å². The zero-order valence-electron chi connectivity index (χ0n) is 10.3. The Balaban J connectivity index is 1.77. The van der Waals surface area contributed by atoms with Gasteiger partial charge in [0.15, 0.2) is 0 Å². The molecule has 1 saturated carbocycles. The van der Waals surface area contributed by atoms with Crippen LogP contribution in [0.4, 0.5) is 0 Å². The lowest BCUT2D eigenvalue weighted by molar-refractivity contribution is 0.445. The number of nitrogens with zero attached hydrogens (tertiary/aromatic N) is 1. The van der Waals surface area contributed by atoms with Gasteiger partial charge in [-0.15, -0.1) is 11.3 Å². The minimum Gasteiger partial charge on any atom is -0.308 e. The summed E-state index contributed by atoms with van der Waals surface area (Å²) in [7, 11) is 0. The summed E-state index contributed by atoms with van der Waals surface area (Å²) >= 11 is 1.74. The van der Waals surface area contributed by atoms with Gasteiger partial charge in [-0.1, -0.05) is 19.8 Å². The third-order valence-corrected chi connectivity index (χ3v) is 4.32. The van der Waals surface area contributed by atoms with E-state index in [-0.39, 0.29) is 0 Å². The van der Waals surface area contributed by atoms with Gasteiger partial charge >= 0.3 is 0 Å². The van der Waals surface area contributed by atoms with Gasteiger partial charge in [0, 0.05) is 18.0 Å². The van der Waals surface area contributed by atoms with Crippen LogP contribution in [0.1, 0.15) is 49.7 Å². The zero-order chi connectivity index (χ0) is 11.4. The van der Waals surface area contributed by atoms with Crippen molar-refractivity contribution < 1.29 is 0 Å². The molecule has 0 saturated heterocycles. The standard InChI is InChI=1S/C13H22N2S/c1-10-4-3-5-12(7-6-10)14-8-13-9-16-11(2)15-13/h9-10,12,14H,3-8H2,1-2H3. The molecule has 2 nitrogen and oxygen atoms in total. The van der Waals surface area contributed by atoms with Gasteiger partial charge < -0.3 is 5.32 Å². The second-order valence-electron chi connectivity index (χ2n) is 5.05. The Bertz CT molecular complexity index is 321. The fourth-order valence-electron chi connectivity index (χ4n) is 2.43. The molecule has 0 bridgehead atoms. The number of hydrogen-bond acceptors (Lipinski definition) is 3. The highest BCUT2D eigenvalue weighted by molar-refractivity contribution is 7.09. The molecule has 0 radical (unpaired) electrons. The normalized spacial score (nSPS) is 26.6. The van der Waals surface area contributed by atoms with Gasteiger partial charge in [0.05, 0.1) is 10.7 Å². The number of nitrogens with one attached hydrogen (secondary N) is 1. The molecule has 90 valence electrons. The Morgan fingerprint density at radius 3 is 3.00 bits per heavy atom. The van der Waals surface area contributed by atoms with Crippen LogP contribution in [-0.4, -0.2) is 11.0 Å². The molecule has 16 heavy (non-hydrogen) atoms. The lowest BCUT2D eigenvalue weighted by Gasteiger charge is -2.15. The van der Waals surface area contributed by atoms with Crippen LogP contribution < -0.4 is 5.32 Å². The fourth-order valence-corrected chi connectivity index (χ4v) is 3.04. The van der Waals surface area contributed by atoms with Gasteiger partial charge in [0.1, 0.15) is 0 Å². The van der Waals surface area contributed by atoms with Gasteiger partial charge in [-0.3, -0.25) is 0 Å². The van der Waals surface area contributed by atoms with Crippen LogP contribution in [0, 0.1) is 12.8 Å². The number of thiazole rings is 1. The highest BCUT2D eigenvalue weighted by Gasteiger charge is 2.15. The predicted octanol–water partition coefficient (Wildman–Crippen LogP) is 3.51. The molecule has 1 fully saturated rings. The third kappa shape index (κ3) is 3.56. The van der Waals surface area contributed by atoms with E-state index in [2.05, 4.69) is 29.5 Å². The van der Waals surface area contributed by atoms with Gasteiger partial charge in [-0.25, -0.2) is 4.98 Å². The predicted molar refractivity (Wildman–Crippen MR) is 69.7 cm³/mol. The monoisotopic (exact) mass is 238 g/mol. The second kappa shape index (κ2) is 5.78. The average molecular weight is 238 g/mol. The van der Waals surface area contributed by atoms with Gasteiger partial charge in [0.25, 0.3) is 0 Å². The maximum atomic E-state index is 4.49. The van der Waals surface area contributed by atoms with Crippen LogP contribution in [0.3, 0.4) is 0 Å². The summed E-state index contributed by atoms with van der Waals surface area (Å²) in [5, 5.41) is 7.00. The first-order chi connectivity index (χ1) is 7.74. The van der Waals surface area contributed by atoms with Crippen molar-refractivity contribution in [2.24, 2.45) is 5.92 Å². The van der Waals surface area contributed by atoms with E-state index < -0.39 is 0 Å². The summed E-state index contributed by atoms with van der Waals surface area (Å²) in [6.07, 6.45) is 6.86. The minimum atomic E-state index is 0.715. The maximum Gasteiger partial charge on any atom is 0.0897 e. The average Bonchev–Trinajstić information content (AvgIpc) is 2.56. The maximum absolute atomic E-state index is 4.49. The molecule has 1 N–H and O–H groups in total. The highest BCUT2D eigenvalue weighted by Crippen LogP contribution is 2.22. The number of hydrogen-bond donors (Lipinski definition) is 1. The Morgan fingerprint density at radius 1 is 1.38 bits per heavy atom. The first-order valence-corrected chi connectivity index (χ1v) is 7.26. The van der Waals surface area contributed by atoms with E-state index in [0.29, 0.717) is 6.04 Å². The number of aromatic nitrogens is 1.